The van der Waals surface area contributed by atoms with Gasteiger partial charge in [0.15, 0.2) is 0 Å². The van der Waals surface area contributed by atoms with Gasteiger partial charge in [0.25, 0.3) is 0 Å². The Kier molecular flexibility index (Phi) is 4.37. The SMILES string of the molecule is NC(Cc1cccc2ccccc12)C1CCCCCC1. The van der Waals surface area contributed by atoms with Gasteiger partial charge in [0.1, 0.15) is 0 Å². The Morgan fingerprint density at radius 1 is 0.900 bits per heavy atom. The Labute approximate surface area is 122 Å². The van der Waals surface area contributed by atoms with Gasteiger partial charge in [0, 0.05) is 6.04 Å². The van der Waals surface area contributed by atoms with E-state index in [0.717, 1.165) is 12.3 Å². The Balaban J connectivity index is 1.78. The van der Waals surface area contributed by atoms with Crippen molar-refractivity contribution in [3.8, 4) is 0 Å². The predicted molar refractivity (Wildman–Crippen MR) is 86.8 cm³/mol. The molecule has 20 heavy (non-hydrogen) atoms. The highest BCUT2D eigenvalue weighted by Crippen LogP contribution is 2.27. The minimum atomic E-state index is 0.318. The van der Waals surface area contributed by atoms with Gasteiger partial charge in [0.2, 0.25) is 0 Å². The molecule has 0 heterocycles. The normalized spacial score (nSPS) is 18.9. The van der Waals surface area contributed by atoms with Gasteiger partial charge in [-0.3, -0.25) is 0 Å². The number of rotatable bonds is 3. The average molecular weight is 267 g/mol. The second-order valence-corrected chi connectivity index (χ2v) is 6.26. The first-order chi connectivity index (χ1) is 9.84. The summed E-state index contributed by atoms with van der Waals surface area (Å²) in [6, 6.07) is 15.6. The van der Waals surface area contributed by atoms with E-state index in [2.05, 4.69) is 42.5 Å². The minimum Gasteiger partial charge on any atom is -0.327 e. The Morgan fingerprint density at radius 2 is 1.60 bits per heavy atom. The zero-order valence-electron chi connectivity index (χ0n) is 12.2. The molecule has 1 unspecified atom stereocenters. The van der Waals surface area contributed by atoms with Gasteiger partial charge >= 0.3 is 0 Å². The van der Waals surface area contributed by atoms with Gasteiger partial charge in [-0.05, 0) is 41.5 Å². The van der Waals surface area contributed by atoms with E-state index in [1.54, 1.807) is 0 Å². The lowest BCUT2D eigenvalue weighted by Crippen LogP contribution is -2.32. The quantitative estimate of drug-likeness (QED) is 0.803. The van der Waals surface area contributed by atoms with Crippen LogP contribution in [0.15, 0.2) is 42.5 Å². The van der Waals surface area contributed by atoms with Crippen LogP contribution in [0.3, 0.4) is 0 Å². The van der Waals surface area contributed by atoms with Gasteiger partial charge < -0.3 is 5.73 Å². The zero-order valence-corrected chi connectivity index (χ0v) is 12.2. The number of hydrogen-bond donors (Lipinski definition) is 1. The first-order valence-electron chi connectivity index (χ1n) is 8.07. The van der Waals surface area contributed by atoms with E-state index in [4.69, 9.17) is 5.73 Å². The molecule has 0 bridgehead atoms. The van der Waals surface area contributed by atoms with E-state index in [1.807, 2.05) is 0 Å². The van der Waals surface area contributed by atoms with Crippen LogP contribution >= 0.6 is 0 Å². The molecule has 1 saturated carbocycles. The Morgan fingerprint density at radius 3 is 2.40 bits per heavy atom. The van der Waals surface area contributed by atoms with E-state index in [9.17, 15) is 0 Å². The van der Waals surface area contributed by atoms with Gasteiger partial charge in [-0.2, -0.15) is 0 Å². The standard InChI is InChI=1S/C19H25N/c20-19(16-9-3-1-2-4-10-16)14-17-12-7-11-15-8-5-6-13-18(15)17/h5-8,11-13,16,19H,1-4,9-10,14,20H2. The number of hydrogen-bond acceptors (Lipinski definition) is 1. The molecule has 1 atom stereocenters. The summed E-state index contributed by atoms with van der Waals surface area (Å²) in [6.45, 7) is 0. The molecule has 0 spiro atoms. The lowest BCUT2D eigenvalue weighted by atomic mass is 9.87. The molecule has 2 aromatic carbocycles. The molecule has 0 aliphatic heterocycles. The van der Waals surface area contributed by atoms with E-state index in [0.29, 0.717) is 6.04 Å². The fourth-order valence-corrected chi connectivity index (χ4v) is 3.63. The van der Waals surface area contributed by atoms with Crippen LogP contribution in [0, 0.1) is 5.92 Å². The topological polar surface area (TPSA) is 26.0 Å². The molecule has 0 saturated heterocycles. The van der Waals surface area contributed by atoms with Crippen LogP contribution in [0.5, 0.6) is 0 Å². The summed E-state index contributed by atoms with van der Waals surface area (Å²) in [4.78, 5) is 0. The fraction of sp³-hybridized carbons (Fsp3) is 0.474. The molecule has 1 heteroatoms. The molecule has 1 aliphatic rings. The van der Waals surface area contributed by atoms with E-state index in [-0.39, 0.29) is 0 Å². The lowest BCUT2D eigenvalue weighted by Gasteiger charge is -2.23. The molecule has 0 aromatic heterocycles. The molecule has 0 amide bonds. The van der Waals surface area contributed by atoms with Crippen molar-refractivity contribution in [1.29, 1.82) is 0 Å². The molecule has 106 valence electrons. The van der Waals surface area contributed by atoms with Gasteiger partial charge in [-0.15, -0.1) is 0 Å². The third kappa shape index (κ3) is 3.04. The van der Waals surface area contributed by atoms with E-state index in [1.165, 1.54) is 54.9 Å². The van der Waals surface area contributed by atoms with Crippen molar-refractivity contribution in [2.75, 3.05) is 0 Å². The van der Waals surface area contributed by atoms with E-state index < -0.39 is 0 Å². The second kappa shape index (κ2) is 6.41. The maximum atomic E-state index is 6.54. The van der Waals surface area contributed by atoms with Gasteiger partial charge in [0.05, 0.1) is 0 Å². The molecule has 1 fully saturated rings. The van der Waals surface area contributed by atoms with Crippen LogP contribution in [0.2, 0.25) is 0 Å². The zero-order chi connectivity index (χ0) is 13.8. The van der Waals surface area contributed by atoms with Crippen LogP contribution in [0.1, 0.15) is 44.1 Å². The number of nitrogens with two attached hydrogens (primary N) is 1. The highest BCUT2D eigenvalue weighted by atomic mass is 14.6. The molecule has 2 N–H and O–H groups in total. The summed E-state index contributed by atoms with van der Waals surface area (Å²) in [5.74, 6) is 0.719. The van der Waals surface area contributed by atoms with Crippen molar-refractivity contribution in [3.05, 3.63) is 48.0 Å². The largest absolute Gasteiger partial charge is 0.327 e. The van der Waals surface area contributed by atoms with E-state index >= 15 is 0 Å². The van der Waals surface area contributed by atoms with Gasteiger partial charge in [-0.1, -0.05) is 68.1 Å². The highest BCUT2D eigenvalue weighted by molar-refractivity contribution is 5.85. The van der Waals surface area contributed by atoms with Crippen LogP contribution < -0.4 is 5.73 Å². The number of fused-ring (bicyclic) bond motifs is 1. The Bertz CT molecular complexity index is 547. The third-order valence-corrected chi connectivity index (χ3v) is 4.84. The first kappa shape index (κ1) is 13.6. The summed E-state index contributed by atoms with van der Waals surface area (Å²) in [7, 11) is 0. The monoisotopic (exact) mass is 267 g/mol. The summed E-state index contributed by atoms with van der Waals surface area (Å²) < 4.78 is 0. The molecular formula is C19H25N. The number of benzene rings is 2. The smallest absolute Gasteiger partial charge is 0.0108 e. The van der Waals surface area contributed by atoms with Gasteiger partial charge in [-0.25, -0.2) is 0 Å². The Hall–Kier alpha value is -1.34. The van der Waals surface area contributed by atoms with Crippen molar-refractivity contribution in [1.82, 2.24) is 0 Å². The molecule has 2 aromatic rings. The minimum absolute atomic E-state index is 0.318. The maximum Gasteiger partial charge on any atom is 0.0108 e. The summed E-state index contributed by atoms with van der Waals surface area (Å²) >= 11 is 0. The fourth-order valence-electron chi connectivity index (χ4n) is 3.63. The highest BCUT2D eigenvalue weighted by Gasteiger charge is 2.20. The summed E-state index contributed by atoms with van der Waals surface area (Å²) in [5, 5.41) is 2.71. The molecule has 0 radical (unpaired) electrons. The van der Waals surface area contributed by atoms with Crippen molar-refractivity contribution >= 4 is 10.8 Å². The van der Waals surface area contributed by atoms with Crippen LogP contribution in [-0.2, 0) is 6.42 Å². The van der Waals surface area contributed by atoms with Crippen molar-refractivity contribution in [2.45, 2.75) is 51.0 Å². The van der Waals surface area contributed by atoms with Crippen molar-refractivity contribution in [3.63, 3.8) is 0 Å². The maximum absolute atomic E-state index is 6.54. The van der Waals surface area contributed by atoms with Crippen molar-refractivity contribution < 1.29 is 0 Å². The van der Waals surface area contributed by atoms with Crippen molar-refractivity contribution in [2.24, 2.45) is 11.7 Å². The van der Waals surface area contributed by atoms with Crippen LogP contribution in [-0.4, -0.2) is 6.04 Å². The first-order valence-corrected chi connectivity index (χ1v) is 8.07. The van der Waals surface area contributed by atoms with Crippen LogP contribution in [0.4, 0.5) is 0 Å². The molecular weight excluding hydrogens is 242 g/mol. The predicted octanol–water partition coefficient (Wildman–Crippen LogP) is 4.68. The summed E-state index contributed by atoms with van der Waals surface area (Å²) in [6.07, 6.45) is 9.21. The third-order valence-electron chi connectivity index (χ3n) is 4.84. The molecule has 1 aliphatic carbocycles. The van der Waals surface area contributed by atoms with Crippen LogP contribution in [0.25, 0.3) is 10.8 Å². The summed E-state index contributed by atoms with van der Waals surface area (Å²) in [5.41, 5.74) is 7.96. The molecule has 1 nitrogen and oxygen atoms in total. The lowest BCUT2D eigenvalue weighted by molar-refractivity contribution is 0.373. The second-order valence-electron chi connectivity index (χ2n) is 6.26. The average Bonchev–Trinajstić information content (AvgIpc) is 2.77. The molecule has 3 rings (SSSR count).